The predicted octanol–water partition coefficient (Wildman–Crippen LogP) is 3.74. The third-order valence-corrected chi connectivity index (χ3v) is 6.90. The van der Waals surface area contributed by atoms with Gasteiger partial charge in [0.05, 0.1) is 9.79 Å². The summed E-state index contributed by atoms with van der Waals surface area (Å²) in [6.07, 6.45) is 4.36. The first-order chi connectivity index (χ1) is 12.1. The number of benzene rings is 2. The van der Waals surface area contributed by atoms with Crippen molar-refractivity contribution < 1.29 is 8.42 Å². The first-order valence-electron chi connectivity index (χ1n) is 8.65. The van der Waals surface area contributed by atoms with Crippen LogP contribution in [-0.4, -0.2) is 38.0 Å². The van der Waals surface area contributed by atoms with E-state index in [0.29, 0.717) is 15.8 Å². The lowest BCUT2D eigenvalue weighted by Gasteiger charge is -2.30. The van der Waals surface area contributed by atoms with Crippen LogP contribution in [0.25, 0.3) is 10.9 Å². The van der Waals surface area contributed by atoms with E-state index in [1.807, 2.05) is 18.2 Å². The molecule has 0 radical (unpaired) electrons. The highest BCUT2D eigenvalue weighted by atomic mass is 32.2. The van der Waals surface area contributed by atoms with E-state index < -0.39 is 9.84 Å². The molecule has 0 N–H and O–H groups in total. The van der Waals surface area contributed by atoms with Crippen molar-refractivity contribution in [2.24, 2.45) is 0 Å². The summed E-state index contributed by atoms with van der Waals surface area (Å²) < 4.78 is 27.9. The topological polar surface area (TPSA) is 42.3 Å². The number of hydrogen-bond acceptors (Lipinski definition) is 3. The van der Waals surface area contributed by atoms with Crippen LogP contribution < -0.4 is 0 Å². The van der Waals surface area contributed by atoms with E-state index in [1.165, 1.54) is 0 Å². The Labute approximate surface area is 148 Å². The third-order valence-electron chi connectivity index (χ3n) is 5.14. The van der Waals surface area contributed by atoms with Crippen LogP contribution in [0.2, 0.25) is 0 Å². The molecule has 4 rings (SSSR count). The summed E-state index contributed by atoms with van der Waals surface area (Å²) in [5.41, 5.74) is 1.11. The Morgan fingerprint density at radius 3 is 2.36 bits per heavy atom. The second kappa shape index (κ2) is 6.32. The molecular formula is C20H22N2O2S. The summed E-state index contributed by atoms with van der Waals surface area (Å²) in [4.78, 5) is 3.05. The number of rotatable bonds is 3. The van der Waals surface area contributed by atoms with E-state index in [-0.39, 0.29) is 0 Å². The largest absolute Gasteiger partial charge is 0.344 e. The number of fused-ring (bicyclic) bond motifs is 1. The van der Waals surface area contributed by atoms with E-state index in [9.17, 15) is 8.42 Å². The van der Waals surface area contributed by atoms with Gasteiger partial charge in [0.15, 0.2) is 0 Å². The predicted molar refractivity (Wildman–Crippen MR) is 99.6 cm³/mol. The molecule has 5 heteroatoms. The van der Waals surface area contributed by atoms with Crippen molar-refractivity contribution in [1.82, 2.24) is 9.47 Å². The first kappa shape index (κ1) is 16.4. The van der Waals surface area contributed by atoms with Crippen LogP contribution in [0, 0.1) is 0 Å². The molecule has 3 aromatic rings. The number of aromatic nitrogens is 1. The SMILES string of the molecule is CN1CCC(n2ccc3cc(S(=O)(=O)c4ccccc4)ccc32)CC1. The van der Waals surface area contributed by atoms with Gasteiger partial charge in [0.1, 0.15) is 0 Å². The zero-order valence-electron chi connectivity index (χ0n) is 14.3. The first-order valence-corrected chi connectivity index (χ1v) is 10.1. The molecule has 1 aliphatic heterocycles. The van der Waals surface area contributed by atoms with Gasteiger partial charge in [0.25, 0.3) is 0 Å². The molecule has 2 heterocycles. The molecule has 0 atom stereocenters. The van der Waals surface area contributed by atoms with Crippen molar-refractivity contribution >= 4 is 20.7 Å². The highest BCUT2D eigenvalue weighted by Crippen LogP contribution is 2.30. The molecular weight excluding hydrogens is 332 g/mol. The Bertz CT molecular complexity index is 985. The molecule has 0 unspecified atom stereocenters. The number of likely N-dealkylation sites (tertiary alicyclic amines) is 1. The van der Waals surface area contributed by atoms with Gasteiger partial charge < -0.3 is 9.47 Å². The lowest BCUT2D eigenvalue weighted by molar-refractivity contribution is 0.224. The molecule has 4 nitrogen and oxygen atoms in total. The maximum absolute atomic E-state index is 12.8. The second-order valence-electron chi connectivity index (χ2n) is 6.79. The standard InChI is InChI=1S/C20H22N2O2S/c1-21-12-10-17(11-13-21)22-14-9-16-15-19(7-8-20(16)22)25(23,24)18-5-3-2-4-6-18/h2-9,14-15,17H,10-13H2,1H3. The highest BCUT2D eigenvalue weighted by molar-refractivity contribution is 7.91. The molecule has 1 aliphatic rings. The van der Waals surface area contributed by atoms with Gasteiger partial charge in [0.2, 0.25) is 9.84 Å². The fraction of sp³-hybridized carbons (Fsp3) is 0.300. The molecule has 1 aromatic heterocycles. The molecule has 0 bridgehead atoms. The normalized spacial score (nSPS) is 17.2. The fourth-order valence-electron chi connectivity index (χ4n) is 3.64. The van der Waals surface area contributed by atoms with Crippen molar-refractivity contribution in [3.63, 3.8) is 0 Å². The van der Waals surface area contributed by atoms with Crippen LogP contribution >= 0.6 is 0 Å². The maximum atomic E-state index is 12.8. The zero-order valence-corrected chi connectivity index (χ0v) is 15.1. The number of piperidine rings is 1. The van der Waals surface area contributed by atoms with Crippen molar-refractivity contribution in [2.45, 2.75) is 28.7 Å². The van der Waals surface area contributed by atoms with Crippen molar-refractivity contribution in [2.75, 3.05) is 20.1 Å². The molecule has 25 heavy (non-hydrogen) atoms. The van der Waals surface area contributed by atoms with Gasteiger partial charge >= 0.3 is 0 Å². The van der Waals surface area contributed by atoms with Crippen LogP contribution in [0.15, 0.2) is 70.6 Å². The quantitative estimate of drug-likeness (QED) is 0.719. The van der Waals surface area contributed by atoms with E-state index in [0.717, 1.165) is 36.8 Å². The molecule has 0 aliphatic carbocycles. The van der Waals surface area contributed by atoms with Crippen LogP contribution in [0.5, 0.6) is 0 Å². The summed E-state index contributed by atoms with van der Waals surface area (Å²) in [7, 11) is -1.31. The van der Waals surface area contributed by atoms with E-state index in [2.05, 4.69) is 22.7 Å². The monoisotopic (exact) mass is 354 g/mol. The van der Waals surface area contributed by atoms with Gasteiger partial charge in [-0.05, 0) is 69.4 Å². The molecule has 2 aromatic carbocycles. The summed E-state index contributed by atoms with van der Waals surface area (Å²) in [5.74, 6) is 0. The number of nitrogens with zero attached hydrogens (tertiary/aromatic N) is 2. The number of sulfone groups is 1. The maximum Gasteiger partial charge on any atom is 0.206 e. The molecule has 0 saturated carbocycles. The van der Waals surface area contributed by atoms with E-state index >= 15 is 0 Å². The summed E-state index contributed by atoms with van der Waals surface area (Å²) in [6, 6.07) is 16.6. The lowest BCUT2D eigenvalue weighted by atomic mass is 10.1. The minimum atomic E-state index is -3.47. The Kier molecular flexibility index (Phi) is 4.13. The Hall–Kier alpha value is -2.11. The van der Waals surface area contributed by atoms with E-state index in [1.54, 1.807) is 36.4 Å². The highest BCUT2D eigenvalue weighted by Gasteiger charge is 2.21. The zero-order chi connectivity index (χ0) is 17.4. The van der Waals surface area contributed by atoms with E-state index in [4.69, 9.17) is 0 Å². The Morgan fingerprint density at radius 2 is 1.64 bits per heavy atom. The van der Waals surface area contributed by atoms with Gasteiger partial charge in [-0.3, -0.25) is 0 Å². The van der Waals surface area contributed by atoms with Crippen LogP contribution in [0.1, 0.15) is 18.9 Å². The van der Waals surface area contributed by atoms with Crippen LogP contribution in [-0.2, 0) is 9.84 Å². The summed E-state index contributed by atoms with van der Waals surface area (Å²) in [5, 5.41) is 0.982. The minimum absolute atomic E-state index is 0.337. The molecule has 1 fully saturated rings. The smallest absolute Gasteiger partial charge is 0.206 e. The average molecular weight is 354 g/mol. The van der Waals surface area contributed by atoms with Gasteiger partial charge in [-0.15, -0.1) is 0 Å². The van der Waals surface area contributed by atoms with Gasteiger partial charge in [-0.1, -0.05) is 18.2 Å². The summed E-state index contributed by atoms with van der Waals surface area (Å²) in [6.45, 7) is 2.20. The number of hydrogen-bond donors (Lipinski definition) is 0. The van der Waals surface area contributed by atoms with Crippen molar-refractivity contribution in [1.29, 1.82) is 0 Å². The fourth-order valence-corrected chi connectivity index (χ4v) is 4.95. The van der Waals surface area contributed by atoms with Crippen LogP contribution in [0.4, 0.5) is 0 Å². The van der Waals surface area contributed by atoms with Gasteiger partial charge in [-0.25, -0.2) is 8.42 Å². The third kappa shape index (κ3) is 2.98. The molecule has 0 amide bonds. The van der Waals surface area contributed by atoms with Gasteiger partial charge in [0, 0.05) is 23.1 Å². The molecule has 130 valence electrons. The Morgan fingerprint density at radius 1 is 0.920 bits per heavy atom. The second-order valence-corrected chi connectivity index (χ2v) is 8.74. The molecule has 1 saturated heterocycles. The lowest BCUT2D eigenvalue weighted by Crippen LogP contribution is -2.31. The van der Waals surface area contributed by atoms with Crippen molar-refractivity contribution in [3.8, 4) is 0 Å². The minimum Gasteiger partial charge on any atom is -0.344 e. The van der Waals surface area contributed by atoms with Gasteiger partial charge in [-0.2, -0.15) is 0 Å². The summed E-state index contributed by atoms with van der Waals surface area (Å²) >= 11 is 0. The van der Waals surface area contributed by atoms with Crippen molar-refractivity contribution in [3.05, 3.63) is 60.8 Å². The average Bonchev–Trinajstić information content (AvgIpc) is 3.06. The van der Waals surface area contributed by atoms with Crippen LogP contribution in [0.3, 0.4) is 0 Å². The molecule has 0 spiro atoms. The Balaban J connectivity index is 1.71.